The number of carbonyl (C=O) groups is 2. The molecule has 2 aromatic rings. The van der Waals surface area contributed by atoms with E-state index in [0.29, 0.717) is 16.7 Å². The molecule has 0 radical (unpaired) electrons. The molecule has 0 saturated carbocycles. The van der Waals surface area contributed by atoms with Crippen LogP contribution in [0, 0.1) is 0 Å². The number of hydrogen-bond acceptors (Lipinski definition) is 6. The quantitative estimate of drug-likeness (QED) is 0.821. The van der Waals surface area contributed by atoms with E-state index < -0.39 is 18.2 Å². The van der Waals surface area contributed by atoms with Gasteiger partial charge in [0.25, 0.3) is 5.91 Å². The number of carbonyl (C=O) groups excluding carboxylic acids is 2. The van der Waals surface area contributed by atoms with Crippen LogP contribution < -0.4 is 15.0 Å². The monoisotopic (exact) mass is 423 g/mol. The minimum absolute atomic E-state index is 0.375. The summed E-state index contributed by atoms with van der Waals surface area (Å²) in [6.07, 6.45) is 1.28. The van der Waals surface area contributed by atoms with Gasteiger partial charge in [0.2, 0.25) is 5.96 Å². The van der Waals surface area contributed by atoms with Crippen molar-refractivity contribution in [3.63, 3.8) is 0 Å². The lowest BCUT2D eigenvalue weighted by Gasteiger charge is -2.34. The number of likely N-dealkylation sites (N-methyl/N-ethyl adjacent to an activating group) is 1. The van der Waals surface area contributed by atoms with Crippen molar-refractivity contribution >= 4 is 40.9 Å². The van der Waals surface area contributed by atoms with Gasteiger partial charge in [-0.15, -0.1) is 0 Å². The number of methoxy groups -OCH3 is 1. The molecule has 0 aromatic heterocycles. The maximum Gasteiger partial charge on any atom is 0.325 e. The van der Waals surface area contributed by atoms with Crippen LogP contribution in [-0.2, 0) is 4.79 Å². The molecule has 152 valence electrons. The van der Waals surface area contributed by atoms with Crippen molar-refractivity contribution < 1.29 is 14.3 Å². The Labute approximate surface area is 178 Å². The van der Waals surface area contributed by atoms with E-state index in [0.717, 1.165) is 16.9 Å². The van der Waals surface area contributed by atoms with Crippen LogP contribution in [0.3, 0.4) is 0 Å². The van der Waals surface area contributed by atoms with Gasteiger partial charge < -0.3 is 9.64 Å². The van der Waals surface area contributed by atoms with Crippen LogP contribution in [-0.4, -0.2) is 54.1 Å². The predicted octanol–water partition coefficient (Wildman–Crippen LogP) is 2.72. The van der Waals surface area contributed by atoms with E-state index in [1.807, 2.05) is 52.4 Å². The number of urea groups is 1. The maximum absolute atomic E-state index is 12.6. The summed E-state index contributed by atoms with van der Waals surface area (Å²) in [6, 6.07) is 14.2. The highest BCUT2D eigenvalue weighted by Gasteiger charge is 2.52. The molecule has 9 heteroatoms. The Morgan fingerprint density at radius 2 is 1.90 bits per heavy atom. The van der Waals surface area contributed by atoms with Crippen LogP contribution in [0.4, 0.5) is 10.5 Å². The highest BCUT2D eigenvalue weighted by molar-refractivity contribution is 6.32. The fourth-order valence-electron chi connectivity index (χ4n) is 3.94. The first-order chi connectivity index (χ1) is 14.5. The predicted molar refractivity (Wildman–Crippen MR) is 113 cm³/mol. The summed E-state index contributed by atoms with van der Waals surface area (Å²) in [5.41, 5.74) is 2.57. The van der Waals surface area contributed by atoms with Gasteiger partial charge in [-0.2, -0.15) is 0 Å². The van der Waals surface area contributed by atoms with Crippen molar-refractivity contribution in [3.05, 3.63) is 65.3 Å². The van der Waals surface area contributed by atoms with Crippen molar-refractivity contribution in [2.75, 3.05) is 19.1 Å². The first-order valence-electron chi connectivity index (χ1n) is 9.34. The molecular formula is C21H18ClN5O3. The standard InChI is InChI=1S/C21H18ClN5O3/c1-25-18-17(19(28)24-21(25)29)26-11-15(12-6-4-3-5-7-12)27(20(26)23-18)13-8-9-16(30-2)14(22)10-13/h3-11,17-18H,1-2H3,(H,24,28,29). The Morgan fingerprint density at radius 3 is 2.60 bits per heavy atom. The fraction of sp³-hybridized carbons (Fsp3) is 0.190. The molecule has 3 heterocycles. The third kappa shape index (κ3) is 2.64. The Hall–Kier alpha value is -3.52. The third-order valence-electron chi connectivity index (χ3n) is 5.44. The number of halogens is 1. The highest BCUT2D eigenvalue weighted by atomic mass is 35.5. The van der Waals surface area contributed by atoms with Crippen LogP contribution in [0.2, 0.25) is 5.02 Å². The minimum atomic E-state index is -0.639. The Bertz CT molecular complexity index is 1120. The molecule has 0 aliphatic carbocycles. The number of benzene rings is 2. The molecule has 30 heavy (non-hydrogen) atoms. The number of ether oxygens (including phenoxy) is 1. The van der Waals surface area contributed by atoms with E-state index in [1.54, 1.807) is 26.3 Å². The maximum atomic E-state index is 12.6. The second-order valence-electron chi connectivity index (χ2n) is 7.13. The zero-order valence-corrected chi connectivity index (χ0v) is 17.0. The van der Waals surface area contributed by atoms with Gasteiger partial charge >= 0.3 is 6.03 Å². The number of fused-ring (bicyclic) bond motifs is 3. The first kappa shape index (κ1) is 18.5. The summed E-state index contributed by atoms with van der Waals surface area (Å²) in [6.45, 7) is 0. The summed E-state index contributed by atoms with van der Waals surface area (Å²) in [5, 5.41) is 2.85. The zero-order chi connectivity index (χ0) is 21.0. The highest BCUT2D eigenvalue weighted by Crippen LogP contribution is 2.40. The molecule has 0 bridgehead atoms. The molecule has 0 spiro atoms. The summed E-state index contributed by atoms with van der Waals surface area (Å²) in [5.74, 6) is 0.746. The number of anilines is 1. The second kappa shape index (κ2) is 6.77. The van der Waals surface area contributed by atoms with Crippen LogP contribution in [0.25, 0.3) is 5.70 Å². The van der Waals surface area contributed by atoms with Gasteiger partial charge in [0.1, 0.15) is 5.75 Å². The number of hydrogen-bond donors (Lipinski definition) is 1. The van der Waals surface area contributed by atoms with E-state index >= 15 is 0 Å². The summed E-state index contributed by atoms with van der Waals surface area (Å²) in [4.78, 5) is 34.6. The van der Waals surface area contributed by atoms with Gasteiger partial charge in [-0.25, -0.2) is 9.79 Å². The molecule has 1 N–H and O–H groups in total. The lowest BCUT2D eigenvalue weighted by Crippen LogP contribution is -2.62. The minimum Gasteiger partial charge on any atom is -0.495 e. The van der Waals surface area contributed by atoms with E-state index in [-0.39, 0.29) is 5.91 Å². The zero-order valence-electron chi connectivity index (χ0n) is 16.2. The van der Waals surface area contributed by atoms with Crippen molar-refractivity contribution in [2.24, 2.45) is 4.99 Å². The molecule has 3 amide bonds. The Morgan fingerprint density at radius 1 is 1.13 bits per heavy atom. The molecule has 1 fully saturated rings. The SMILES string of the molecule is COc1ccc(N2C(c3ccccc3)=CN3C2=NC2C3C(=O)NC(=O)N2C)cc1Cl. The number of imide groups is 1. The second-order valence-corrected chi connectivity index (χ2v) is 7.54. The smallest absolute Gasteiger partial charge is 0.325 e. The van der Waals surface area contributed by atoms with Gasteiger partial charge in [-0.1, -0.05) is 41.9 Å². The summed E-state index contributed by atoms with van der Waals surface area (Å²) in [7, 11) is 3.19. The molecule has 2 unspecified atom stereocenters. The number of rotatable bonds is 3. The van der Waals surface area contributed by atoms with E-state index in [2.05, 4.69) is 5.32 Å². The third-order valence-corrected chi connectivity index (χ3v) is 5.74. The van der Waals surface area contributed by atoms with Crippen molar-refractivity contribution in [2.45, 2.75) is 12.2 Å². The van der Waals surface area contributed by atoms with Crippen molar-refractivity contribution in [3.8, 4) is 5.75 Å². The average Bonchev–Trinajstić information content (AvgIpc) is 3.29. The van der Waals surface area contributed by atoms with E-state index in [9.17, 15) is 9.59 Å². The van der Waals surface area contributed by atoms with Crippen molar-refractivity contribution in [1.82, 2.24) is 15.1 Å². The van der Waals surface area contributed by atoms with Gasteiger partial charge in [-0.3, -0.25) is 19.9 Å². The Kier molecular flexibility index (Phi) is 4.18. The van der Waals surface area contributed by atoms with Crippen LogP contribution in [0.15, 0.2) is 59.7 Å². The molecule has 3 aliphatic heterocycles. The largest absolute Gasteiger partial charge is 0.495 e. The van der Waals surface area contributed by atoms with Crippen molar-refractivity contribution in [1.29, 1.82) is 0 Å². The van der Waals surface area contributed by atoms with Crippen LogP contribution in [0.5, 0.6) is 5.75 Å². The molecule has 5 rings (SSSR count). The normalized spacial score (nSPS) is 22.4. The Balaban J connectivity index is 1.65. The molecular weight excluding hydrogens is 406 g/mol. The van der Waals surface area contributed by atoms with Gasteiger partial charge in [0.15, 0.2) is 12.2 Å². The van der Waals surface area contributed by atoms with Gasteiger partial charge in [0, 0.05) is 18.8 Å². The number of amides is 3. The summed E-state index contributed by atoms with van der Waals surface area (Å²) >= 11 is 6.39. The molecule has 2 aromatic carbocycles. The molecule has 3 aliphatic rings. The van der Waals surface area contributed by atoms with Gasteiger partial charge in [0.05, 0.1) is 23.5 Å². The van der Waals surface area contributed by atoms with E-state index in [4.69, 9.17) is 21.3 Å². The topological polar surface area (TPSA) is 77.5 Å². The van der Waals surface area contributed by atoms with Crippen LogP contribution in [0.1, 0.15) is 5.56 Å². The molecule has 1 saturated heterocycles. The lowest BCUT2D eigenvalue weighted by atomic mass is 10.1. The average molecular weight is 424 g/mol. The molecule has 2 atom stereocenters. The van der Waals surface area contributed by atoms with Gasteiger partial charge in [-0.05, 0) is 18.2 Å². The number of nitrogens with zero attached hydrogens (tertiary/aromatic N) is 4. The lowest BCUT2D eigenvalue weighted by molar-refractivity contribution is -0.126. The van der Waals surface area contributed by atoms with Crippen LogP contribution >= 0.6 is 11.6 Å². The number of aliphatic imine (C=N–C) groups is 1. The van der Waals surface area contributed by atoms with E-state index in [1.165, 1.54) is 4.90 Å². The fourth-order valence-corrected chi connectivity index (χ4v) is 4.19. The number of guanidine groups is 1. The first-order valence-corrected chi connectivity index (χ1v) is 9.72. The number of nitrogens with one attached hydrogen (secondary N) is 1. The summed E-state index contributed by atoms with van der Waals surface area (Å²) < 4.78 is 5.28. The molecule has 8 nitrogen and oxygen atoms in total.